The molecule has 4 nitrogen and oxygen atoms in total. The molecule has 2 N–H and O–H groups in total. The van der Waals surface area contributed by atoms with E-state index in [-0.39, 0.29) is 16.5 Å². The lowest BCUT2D eigenvalue weighted by atomic mass is 10.1. The average Bonchev–Trinajstić information content (AvgIpc) is 2.45. The highest BCUT2D eigenvalue weighted by Crippen LogP contribution is 2.56. The molecule has 1 aliphatic heterocycles. The number of hydrogen-bond donors (Lipinski definition) is 2. The Morgan fingerprint density at radius 1 is 0.850 bits per heavy atom. The van der Waals surface area contributed by atoms with Crippen LogP contribution in [0.4, 0.5) is 0 Å². The van der Waals surface area contributed by atoms with Gasteiger partial charge in [0.25, 0.3) is 0 Å². The molecule has 0 amide bonds. The topological polar surface area (TPSA) is 58.9 Å². The van der Waals surface area contributed by atoms with E-state index in [0.29, 0.717) is 39.1 Å². The van der Waals surface area contributed by atoms with Crippen molar-refractivity contribution in [2.24, 2.45) is 0 Å². The lowest BCUT2D eigenvalue weighted by Gasteiger charge is -2.25. The van der Waals surface area contributed by atoms with Gasteiger partial charge < -0.3 is 19.7 Å². The van der Waals surface area contributed by atoms with Gasteiger partial charge in [-0.05, 0) is 26.0 Å². The molecule has 2 aromatic carbocycles. The lowest BCUT2D eigenvalue weighted by Crippen LogP contribution is -2.03. The molecule has 0 saturated carbocycles. The first-order valence-corrected chi connectivity index (χ1v) is 6.56. The van der Waals surface area contributed by atoms with E-state index in [2.05, 4.69) is 0 Å². The summed E-state index contributed by atoms with van der Waals surface area (Å²) < 4.78 is 11.4. The molecular formula is C14H10Cl2O4. The predicted molar refractivity (Wildman–Crippen MR) is 75.9 cm³/mol. The summed E-state index contributed by atoms with van der Waals surface area (Å²) in [4.78, 5) is 0. The molecule has 0 bridgehead atoms. The maximum Gasteiger partial charge on any atom is 0.190 e. The molecule has 0 aromatic heterocycles. The maximum atomic E-state index is 9.87. The number of rotatable bonds is 0. The van der Waals surface area contributed by atoms with E-state index in [9.17, 15) is 10.2 Å². The first-order valence-electron chi connectivity index (χ1n) is 5.80. The number of phenols is 2. The van der Waals surface area contributed by atoms with E-state index in [1.165, 1.54) is 0 Å². The fourth-order valence-corrected chi connectivity index (χ4v) is 2.40. The Kier molecular flexibility index (Phi) is 2.88. The predicted octanol–water partition coefficient (Wildman–Crippen LogP) is 4.92. The monoisotopic (exact) mass is 312 g/mol. The van der Waals surface area contributed by atoms with Crippen molar-refractivity contribution in [1.29, 1.82) is 0 Å². The van der Waals surface area contributed by atoms with E-state index in [1.54, 1.807) is 26.0 Å². The number of phenolic OH excluding ortho intramolecular Hbond substituents is 2. The Hall–Kier alpha value is -1.78. The van der Waals surface area contributed by atoms with Crippen molar-refractivity contribution in [3.05, 3.63) is 33.3 Å². The van der Waals surface area contributed by atoms with Crippen molar-refractivity contribution < 1.29 is 19.7 Å². The van der Waals surface area contributed by atoms with E-state index < -0.39 is 0 Å². The zero-order chi connectivity index (χ0) is 14.6. The molecule has 104 valence electrons. The molecular weight excluding hydrogens is 303 g/mol. The van der Waals surface area contributed by atoms with Gasteiger partial charge in [-0.25, -0.2) is 0 Å². The van der Waals surface area contributed by atoms with Gasteiger partial charge in [-0.1, -0.05) is 23.2 Å². The molecule has 0 radical (unpaired) electrons. The molecule has 0 saturated heterocycles. The van der Waals surface area contributed by atoms with E-state index in [0.717, 1.165) is 0 Å². The molecule has 0 aliphatic carbocycles. The van der Waals surface area contributed by atoms with Gasteiger partial charge in [0, 0.05) is 11.1 Å². The van der Waals surface area contributed by atoms with Gasteiger partial charge >= 0.3 is 0 Å². The second kappa shape index (κ2) is 4.36. The van der Waals surface area contributed by atoms with Gasteiger partial charge in [-0.15, -0.1) is 0 Å². The van der Waals surface area contributed by atoms with Gasteiger partial charge in [0.2, 0.25) is 0 Å². The van der Waals surface area contributed by atoms with Crippen molar-refractivity contribution in [1.82, 2.24) is 0 Å². The number of benzene rings is 2. The van der Waals surface area contributed by atoms with E-state index >= 15 is 0 Å². The minimum Gasteiger partial charge on any atom is -0.504 e. The first-order chi connectivity index (χ1) is 9.41. The maximum absolute atomic E-state index is 9.87. The molecule has 1 aliphatic rings. The van der Waals surface area contributed by atoms with Crippen LogP contribution < -0.4 is 9.47 Å². The summed E-state index contributed by atoms with van der Waals surface area (Å²) in [6.45, 7) is 3.24. The highest BCUT2D eigenvalue weighted by Gasteiger charge is 2.29. The van der Waals surface area contributed by atoms with Crippen molar-refractivity contribution >= 4 is 23.2 Å². The Balaban J connectivity index is 2.26. The van der Waals surface area contributed by atoms with Gasteiger partial charge in [-0.2, -0.15) is 0 Å². The van der Waals surface area contributed by atoms with E-state index in [1.807, 2.05) is 0 Å². The normalized spacial score (nSPS) is 12.2. The van der Waals surface area contributed by atoms with Crippen LogP contribution in [0.15, 0.2) is 12.1 Å². The molecule has 0 unspecified atom stereocenters. The summed E-state index contributed by atoms with van der Waals surface area (Å²) in [5.74, 6) is 0.886. The molecule has 3 rings (SSSR count). The van der Waals surface area contributed by atoms with Crippen molar-refractivity contribution in [2.75, 3.05) is 0 Å². The number of halogens is 2. The van der Waals surface area contributed by atoms with E-state index in [4.69, 9.17) is 32.7 Å². The molecule has 0 fully saturated rings. The number of ether oxygens (including phenoxy) is 2. The second-order valence-electron chi connectivity index (χ2n) is 4.50. The molecule has 6 heteroatoms. The number of fused-ring (bicyclic) bond motifs is 2. The smallest absolute Gasteiger partial charge is 0.190 e. The first kappa shape index (κ1) is 13.2. The zero-order valence-corrected chi connectivity index (χ0v) is 12.1. The van der Waals surface area contributed by atoms with Crippen LogP contribution in [0.25, 0.3) is 0 Å². The SMILES string of the molecule is Cc1c(O)c(O)c(C)c2c1Oc1ccc(Cl)c(Cl)c1O2. The Bertz CT molecular complexity index is 741. The lowest BCUT2D eigenvalue weighted by molar-refractivity contribution is 0.339. The Morgan fingerprint density at radius 3 is 2.00 bits per heavy atom. The molecule has 0 atom stereocenters. The molecule has 0 spiro atoms. The average molecular weight is 313 g/mol. The van der Waals surface area contributed by atoms with Crippen molar-refractivity contribution in [2.45, 2.75) is 13.8 Å². The molecule has 1 heterocycles. The number of hydrogen-bond acceptors (Lipinski definition) is 4. The number of aromatic hydroxyl groups is 2. The van der Waals surface area contributed by atoms with Crippen LogP contribution in [-0.4, -0.2) is 10.2 Å². The molecule has 2 aromatic rings. The summed E-state index contributed by atoms with van der Waals surface area (Å²) in [6.07, 6.45) is 0. The summed E-state index contributed by atoms with van der Waals surface area (Å²) in [7, 11) is 0. The van der Waals surface area contributed by atoms with Gasteiger partial charge in [-0.3, -0.25) is 0 Å². The van der Waals surface area contributed by atoms with Crippen LogP contribution in [-0.2, 0) is 0 Å². The third kappa shape index (κ3) is 1.69. The van der Waals surface area contributed by atoms with Crippen LogP contribution in [0.5, 0.6) is 34.5 Å². The van der Waals surface area contributed by atoms with Gasteiger partial charge in [0.1, 0.15) is 5.02 Å². The minimum atomic E-state index is -0.244. The van der Waals surface area contributed by atoms with Crippen molar-refractivity contribution in [3.63, 3.8) is 0 Å². The van der Waals surface area contributed by atoms with Crippen LogP contribution in [0, 0.1) is 13.8 Å². The fraction of sp³-hybridized carbons (Fsp3) is 0.143. The summed E-state index contributed by atoms with van der Waals surface area (Å²) in [6, 6.07) is 3.23. The Morgan fingerprint density at radius 2 is 1.40 bits per heavy atom. The van der Waals surface area contributed by atoms with Gasteiger partial charge in [0.05, 0.1) is 5.02 Å². The summed E-state index contributed by atoms with van der Waals surface area (Å²) >= 11 is 12.0. The summed E-state index contributed by atoms with van der Waals surface area (Å²) in [5, 5.41) is 20.3. The van der Waals surface area contributed by atoms with Crippen LogP contribution in [0.3, 0.4) is 0 Å². The van der Waals surface area contributed by atoms with Crippen LogP contribution in [0.1, 0.15) is 11.1 Å². The Labute approximate surface area is 125 Å². The highest BCUT2D eigenvalue weighted by molar-refractivity contribution is 6.43. The second-order valence-corrected chi connectivity index (χ2v) is 5.28. The molecule has 20 heavy (non-hydrogen) atoms. The quantitative estimate of drug-likeness (QED) is 0.578. The van der Waals surface area contributed by atoms with Crippen LogP contribution in [0.2, 0.25) is 10.0 Å². The third-order valence-corrected chi connectivity index (χ3v) is 4.04. The standard InChI is InChI=1S/C14H10Cl2O4/c1-5-10(17)11(18)6(2)13-12(5)19-8-4-3-7(15)9(16)14(8)20-13/h3-4,17-18H,1-2H3. The highest BCUT2D eigenvalue weighted by atomic mass is 35.5. The fourth-order valence-electron chi connectivity index (χ4n) is 2.06. The third-order valence-electron chi connectivity index (χ3n) is 3.25. The zero-order valence-electron chi connectivity index (χ0n) is 10.6. The van der Waals surface area contributed by atoms with Crippen LogP contribution >= 0.6 is 23.2 Å². The summed E-state index contributed by atoms with van der Waals surface area (Å²) in [5.41, 5.74) is 0.754. The van der Waals surface area contributed by atoms with Gasteiger partial charge in [0.15, 0.2) is 34.5 Å². The van der Waals surface area contributed by atoms with Crippen molar-refractivity contribution in [3.8, 4) is 34.5 Å². The largest absolute Gasteiger partial charge is 0.504 e. The minimum absolute atomic E-state index is 0.228.